The van der Waals surface area contributed by atoms with Gasteiger partial charge in [-0.25, -0.2) is 8.78 Å². The number of fused-ring (bicyclic) bond motifs is 1. The van der Waals surface area contributed by atoms with Crippen LogP contribution in [0.25, 0.3) is 5.65 Å². The van der Waals surface area contributed by atoms with Crippen LogP contribution in [0.4, 0.5) is 8.78 Å². The van der Waals surface area contributed by atoms with Gasteiger partial charge in [0.1, 0.15) is 0 Å². The summed E-state index contributed by atoms with van der Waals surface area (Å²) in [5.74, 6) is -0.851. The Morgan fingerprint density at radius 1 is 1.12 bits per heavy atom. The monoisotopic (exact) mass is 346 g/mol. The molecule has 2 heterocycles. The van der Waals surface area contributed by atoms with Gasteiger partial charge in [0.15, 0.2) is 5.65 Å². The Hall–Kier alpha value is -2.87. The molecule has 0 saturated carbocycles. The number of benzene rings is 1. The maximum atomic E-state index is 12.9. The minimum absolute atomic E-state index is 0.0107. The summed E-state index contributed by atoms with van der Waals surface area (Å²) in [4.78, 5) is 12.2. The molecule has 0 bridgehead atoms. The first-order valence-electron chi connectivity index (χ1n) is 7.68. The molecule has 0 saturated heterocycles. The van der Waals surface area contributed by atoms with Crippen LogP contribution in [0.3, 0.4) is 0 Å². The number of rotatable bonds is 6. The molecule has 8 heteroatoms. The molecule has 6 nitrogen and oxygen atoms in total. The van der Waals surface area contributed by atoms with Crippen LogP contribution < -0.4 is 5.32 Å². The molecule has 1 aromatic carbocycles. The molecular formula is C17H16F2N4O2. The number of aromatic nitrogens is 3. The molecule has 130 valence electrons. The third kappa shape index (κ3) is 3.80. The smallest absolute Gasteiger partial charge is 0.297 e. The van der Waals surface area contributed by atoms with Gasteiger partial charge in [-0.15, -0.1) is 10.2 Å². The molecule has 0 unspecified atom stereocenters. The summed E-state index contributed by atoms with van der Waals surface area (Å²) in [6.45, 7) is 0.391. The topological polar surface area (TPSA) is 79.5 Å². The standard InChI is InChI=1S/C17H16F2N4O2/c18-15(19)16-22-21-14-6-5-13(9-23(14)16)17(25)20-8-7-11-1-3-12(10-24)4-2-11/h1-6,9,15,24H,7-8,10H2,(H,20,25). The molecule has 0 spiro atoms. The minimum atomic E-state index is -2.77. The zero-order valence-electron chi connectivity index (χ0n) is 13.2. The molecule has 0 radical (unpaired) electrons. The highest BCUT2D eigenvalue weighted by atomic mass is 19.3. The van der Waals surface area contributed by atoms with Crippen LogP contribution >= 0.6 is 0 Å². The van der Waals surface area contributed by atoms with Crippen LogP contribution in [-0.4, -0.2) is 32.2 Å². The average molecular weight is 346 g/mol. The van der Waals surface area contributed by atoms with Gasteiger partial charge in [-0.3, -0.25) is 9.20 Å². The zero-order chi connectivity index (χ0) is 17.8. The number of hydrogen-bond donors (Lipinski definition) is 2. The van der Waals surface area contributed by atoms with Gasteiger partial charge in [0.25, 0.3) is 12.3 Å². The lowest BCUT2D eigenvalue weighted by Crippen LogP contribution is -2.26. The molecule has 3 rings (SSSR count). The number of nitrogens with one attached hydrogen (secondary N) is 1. The summed E-state index contributed by atoms with van der Waals surface area (Å²) in [7, 11) is 0. The Kier molecular flexibility index (Phi) is 4.99. The molecule has 2 aromatic heterocycles. The van der Waals surface area contributed by atoms with Gasteiger partial charge in [-0.2, -0.15) is 0 Å². The van der Waals surface area contributed by atoms with Crippen LogP contribution in [0, 0.1) is 0 Å². The first-order chi connectivity index (χ1) is 12.1. The minimum Gasteiger partial charge on any atom is -0.392 e. The van der Waals surface area contributed by atoms with E-state index in [2.05, 4.69) is 15.5 Å². The van der Waals surface area contributed by atoms with Crippen molar-refractivity contribution in [1.29, 1.82) is 0 Å². The van der Waals surface area contributed by atoms with E-state index in [4.69, 9.17) is 5.11 Å². The van der Waals surface area contributed by atoms with Crippen LogP contribution in [0.2, 0.25) is 0 Å². The SMILES string of the molecule is O=C(NCCc1ccc(CO)cc1)c1ccc2nnc(C(F)F)n2c1. The Balaban J connectivity index is 1.64. The van der Waals surface area contributed by atoms with Crippen molar-refractivity contribution in [3.05, 3.63) is 65.1 Å². The van der Waals surface area contributed by atoms with E-state index in [1.807, 2.05) is 24.3 Å². The summed E-state index contributed by atoms with van der Waals surface area (Å²) in [5, 5.41) is 18.8. The van der Waals surface area contributed by atoms with Gasteiger partial charge in [0.05, 0.1) is 12.2 Å². The number of pyridine rings is 1. The highest BCUT2D eigenvalue weighted by Gasteiger charge is 2.17. The van der Waals surface area contributed by atoms with E-state index in [0.29, 0.717) is 13.0 Å². The largest absolute Gasteiger partial charge is 0.392 e. The van der Waals surface area contributed by atoms with E-state index in [0.717, 1.165) is 15.5 Å². The van der Waals surface area contributed by atoms with Crippen LogP contribution in [0.15, 0.2) is 42.6 Å². The summed E-state index contributed by atoms with van der Waals surface area (Å²) >= 11 is 0. The van der Waals surface area contributed by atoms with E-state index in [1.165, 1.54) is 18.3 Å². The molecule has 2 N–H and O–H groups in total. The summed E-state index contributed by atoms with van der Waals surface area (Å²) < 4.78 is 26.9. The van der Waals surface area contributed by atoms with Gasteiger partial charge < -0.3 is 10.4 Å². The van der Waals surface area contributed by atoms with E-state index >= 15 is 0 Å². The maximum Gasteiger partial charge on any atom is 0.297 e. The number of nitrogens with zero attached hydrogens (tertiary/aromatic N) is 3. The van der Waals surface area contributed by atoms with Crippen molar-refractivity contribution in [3.63, 3.8) is 0 Å². The predicted molar refractivity (Wildman–Crippen MR) is 86.3 cm³/mol. The summed E-state index contributed by atoms with van der Waals surface area (Å²) in [5.41, 5.74) is 2.36. The van der Waals surface area contributed by atoms with Crippen LogP contribution in [0.1, 0.15) is 33.7 Å². The van der Waals surface area contributed by atoms with E-state index < -0.39 is 12.2 Å². The fraction of sp³-hybridized carbons (Fsp3) is 0.235. The first-order valence-corrected chi connectivity index (χ1v) is 7.68. The summed E-state index contributed by atoms with van der Waals surface area (Å²) in [6.07, 6.45) is -0.841. The predicted octanol–water partition coefficient (Wildman–Crippen LogP) is 2.13. The van der Waals surface area contributed by atoms with Gasteiger partial charge in [0.2, 0.25) is 5.82 Å². The molecule has 0 fully saturated rings. The molecule has 1 amide bonds. The zero-order valence-corrected chi connectivity index (χ0v) is 13.2. The molecular weight excluding hydrogens is 330 g/mol. The van der Waals surface area contributed by atoms with E-state index in [1.54, 1.807) is 0 Å². The second-order valence-corrected chi connectivity index (χ2v) is 5.49. The van der Waals surface area contributed by atoms with Crippen LogP contribution in [-0.2, 0) is 13.0 Å². The van der Waals surface area contributed by atoms with E-state index in [9.17, 15) is 13.6 Å². The van der Waals surface area contributed by atoms with Crippen LogP contribution in [0.5, 0.6) is 0 Å². The average Bonchev–Trinajstić information content (AvgIpc) is 3.05. The molecule has 0 aliphatic heterocycles. The quantitative estimate of drug-likeness (QED) is 0.717. The Bertz CT molecular complexity index is 878. The Labute approximate surface area is 142 Å². The fourth-order valence-corrected chi connectivity index (χ4v) is 2.43. The van der Waals surface area contributed by atoms with Crippen molar-refractivity contribution in [2.45, 2.75) is 19.5 Å². The molecule has 0 aliphatic carbocycles. The van der Waals surface area contributed by atoms with E-state index in [-0.39, 0.29) is 23.7 Å². The Morgan fingerprint density at radius 2 is 1.84 bits per heavy atom. The molecule has 0 aliphatic rings. The molecule has 25 heavy (non-hydrogen) atoms. The fourth-order valence-electron chi connectivity index (χ4n) is 2.43. The van der Waals surface area contributed by atoms with Crippen molar-refractivity contribution in [1.82, 2.24) is 19.9 Å². The number of hydrogen-bond acceptors (Lipinski definition) is 4. The number of alkyl halides is 2. The van der Waals surface area contributed by atoms with Crippen molar-refractivity contribution >= 4 is 11.6 Å². The maximum absolute atomic E-state index is 12.9. The number of carbonyl (C=O) groups is 1. The number of carbonyl (C=O) groups excluding carboxylic acids is 1. The van der Waals surface area contributed by atoms with Crippen molar-refractivity contribution in [2.24, 2.45) is 0 Å². The summed E-state index contributed by atoms with van der Waals surface area (Å²) in [6, 6.07) is 10.4. The van der Waals surface area contributed by atoms with Crippen molar-refractivity contribution in [2.75, 3.05) is 6.54 Å². The lowest BCUT2D eigenvalue weighted by Gasteiger charge is -2.07. The third-order valence-electron chi connectivity index (χ3n) is 3.79. The van der Waals surface area contributed by atoms with Crippen molar-refractivity contribution in [3.8, 4) is 0 Å². The van der Waals surface area contributed by atoms with Gasteiger partial charge in [0, 0.05) is 12.7 Å². The highest BCUT2D eigenvalue weighted by Crippen LogP contribution is 2.18. The molecule has 3 aromatic rings. The first kappa shape index (κ1) is 17.0. The number of aliphatic hydroxyl groups is 1. The second kappa shape index (κ2) is 7.35. The van der Waals surface area contributed by atoms with Gasteiger partial charge in [-0.1, -0.05) is 24.3 Å². The number of amides is 1. The number of halogens is 2. The van der Waals surface area contributed by atoms with Gasteiger partial charge in [-0.05, 0) is 29.7 Å². The third-order valence-corrected chi connectivity index (χ3v) is 3.79. The van der Waals surface area contributed by atoms with Crippen molar-refractivity contribution < 1.29 is 18.7 Å². The number of aliphatic hydroxyl groups excluding tert-OH is 1. The lowest BCUT2D eigenvalue weighted by molar-refractivity contribution is 0.0953. The molecule has 0 atom stereocenters. The normalized spacial score (nSPS) is 11.2. The van der Waals surface area contributed by atoms with Gasteiger partial charge >= 0.3 is 0 Å². The Morgan fingerprint density at radius 3 is 2.52 bits per heavy atom. The lowest BCUT2D eigenvalue weighted by atomic mass is 10.1. The second-order valence-electron chi connectivity index (χ2n) is 5.49. The highest BCUT2D eigenvalue weighted by molar-refractivity contribution is 5.94.